The van der Waals surface area contributed by atoms with Crippen LogP contribution in [0.25, 0.3) is 22.0 Å². The standard InChI is InChI=1S/C15H9ClF2N2O2/c1-6-12(8-3-2-7(17)4-11(8)18)10(16)5-9-13(6)19-15(22)20-14(9)21/h2-5H,1H3,(H2,19,20,21,22). The highest BCUT2D eigenvalue weighted by Crippen LogP contribution is 2.36. The number of hydrogen-bond acceptors (Lipinski definition) is 2. The molecular formula is C15H9ClF2N2O2. The summed E-state index contributed by atoms with van der Waals surface area (Å²) in [6.45, 7) is 1.60. The highest BCUT2D eigenvalue weighted by atomic mass is 35.5. The van der Waals surface area contributed by atoms with E-state index in [0.29, 0.717) is 11.1 Å². The van der Waals surface area contributed by atoms with E-state index < -0.39 is 22.9 Å². The number of nitrogens with one attached hydrogen (secondary N) is 2. The third-order valence-corrected chi connectivity index (χ3v) is 3.74. The minimum Gasteiger partial charge on any atom is -0.307 e. The average Bonchev–Trinajstić information content (AvgIpc) is 2.42. The van der Waals surface area contributed by atoms with Crippen LogP contribution in [0.2, 0.25) is 5.02 Å². The van der Waals surface area contributed by atoms with Gasteiger partial charge in [0.1, 0.15) is 11.6 Å². The van der Waals surface area contributed by atoms with Gasteiger partial charge in [-0.05, 0) is 30.7 Å². The molecule has 3 aromatic rings. The molecular weight excluding hydrogens is 314 g/mol. The normalized spacial score (nSPS) is 11.1. The van der Waals surface area contributed by atoms with Crippen LogP contribution in [0.1, 0.15) is 5.56 Å². The number of rotatable bonds is 1. The van der Waals surface area contributed by atoms with Crippen molar-refractivity contribution in [1.82, 2.24) is 9.97 Å². The fraction of sp³-hybridized carbons (Fsp3) is 0.0667. The van der Waals surface area contributed by atoms with Gasteiger partial charge in [-0.2, -0.15) is 0 Å². The minimum absolute atomic E-state index is 0.0898. The molecule has 22 heavy (non-hydrogen) atoms. The van der Waals surface area contributed by atoms with Gasteiger partial charge in [0.25, 0.3) is 5.56 Å². The largest absolute Gasteiger partial charge is 0.326 e. The maximum Gasteiger partial charge on any atom is 0.326 e. The molecule has 2 aromatic carbocycles. The summed E-state index contributed by atoms with van der Waals surface area (Å²) in [4.78, 5) is 27.8. The zero-order valence-corrected chi connectivity index (χ0v) is 12.0. The quantitative estimate of drug-likeness (QED) is 0.723. The van der Waals surface area contributed by atoms with Crippen LogP contribution in [0.3, 0.4) is 0 Å². The summed E-state index contributed by atoms with van der Waals surface area (Å²) in [6.07, 6.45) is 0. The molecule has 0 aliphatic carbocycles. The second-order valence-electron chi connectivity index (χ2n) is 4.81. The molecule has 0 radical (unpaired) electrons. The van der Waals surface area contributed by atoms with Gasteiger partial charge < -0.3 is 4.98 Å². The molecule has 0 bridgehead atoms. The third-order valence-electron chi connectivity index (χ3n) is 3.44. The van der Waals surface area contributed by atoms with Crippen molar-refractivity contribution in [3.8, 4) is 11.1 Å². The molecule has 1 aromatic heterocycles. The van der Waals surface area contributed by atoms with Gasteiger partial charge >= 0.3 is 5.69 Å². The van der Waals surface area contributed by atoms with E-state index in [1.165, 1.54) is 12.1 Å². The zero-order valence-electron chi connectivity index (χ0n) is 11.3. The van der Waals surface area contributed by atoms with Gasteiger partial charge in [-0.15, -0.1) is 0 Å². The van der Waals surface area contributed by atoms with E-state index in [2.05, 4.69) is 9.97 Å². The number of fused-ring (bicyclic) bond motifs is 1. The maximum absolute atomic E-state index is 14.0. The Bertz CT molecular complexity index is 1020. The molecule has 2 N–H and O–H groups in total. The lowest BCUT2D eigenvalue weighted by atomic mass is 9.97. The molecule has 0 saturated carbocycles. The summed E-state index contributed by atoms with van der Waals surface area (Å²) < 4.78 is 27.1. The Hall–Kier alpha value is -2.47. The predicted octanol–water partition coefficient (Wildman–Crippen LogP) is 3.12. The predicted molar refractivity (Wildman–Crippen MR) is 80.3 cm³/mol. The van der Waals surface area contributed by atoms with Gasteiger partial charge in [-0.1, -0.05) is 11.6 Å². The Labute approximate surface area is 127 Å². The Balaban J connectivity index is 2.45. The van der Waals surface area contributed by atoms with Gasteiger partial charge in [0.2, 0.25) is 0 Å². The van der Waals surface area contributed by atoms with Crippen molar-refractivity contribution >= 4 is 22.5 Å². The number of hydrogen-bond donors (Lipinski definition) is 2. The van der Waals surface area contributed by atoms with Crippen molar-refractivity contribution < 1.29 is 8.78 Å². The smallest absolute Gasteiger partial charge is 0.307 e. The summed E-state index contributed by atoms with van der Waals surface area (Å²) in [5.41, 5.74) is -0.184. The Morgan fingerprint density at radius 3 is 2.50 bits per heavy atom. The average molecular weight is 323 g/mol. The molecule has 4 nitrogen and oxygen atoms in total. The highest BCUT2D eigenvalue weighted by Gasteiger charge is 2.17. The van der Waals surface area contributed by atoms with E-state index in [0.717, 1.165) is 12.1 Å². The van der Waals surface area contributed by atoms with Crippen molar-refractivity contribution in [3.05, 3.63) is 67.3 Å². The van der Waals surface area contributed by atoms with Gasteiger partial charge in [0.05, 0.1) is 10.9 Å². The summed E-state index contributed by atoms with van der Waals surface area (Å²) in [5, 5.41) is 0.321. The van der Waals surface area contributed by atoms with Crippen LogP contribution < -0.4 is 11.2 Å². The van der Waals surface area contributed by atoms with Crippen molar-refractivity contribution in [2.24, 2.45) is 0 Å². The molecule has 0 fully saturated rings. The molecule has 0 amide bonds. The van der Waals surface area contributed by atoms with E-state index >= 15 is 0 Å². The number of halogens is 3. The van der Waals surface area contributed by atoms with Crippen LogP contribution in [0, 0.1) is 18.6 Å². The van der Waals surface area contributed by atoms with Crippen molar-refractivity contribution in [2.75, 3.05) is 0 Å². The number of aromatic amines is 2. The van der Waals surface area contributed by atoms with Crippen LogP contribution in [0.5, 0.6) is 0 Å². The summed E-state index contributed by atoms with van der Waals surface area (Å²) in [6, 6.07) is 4.46. The van der Waals surface area contributed by atoms with Crippen LogP contribution in [0.15, 0.2) is 33.9 Å². The Kier molecular flexibility index (Phi) is 3.33. The van der Waals surface area contributed by atoms with Crippen molar-refractivity contribution in [1.29, 1.82) is 0 Å². The third kappa shape index (κ3) is 2.21. The lowest BCUT2D eigenvalue weighted by Gasteiger charge is -2.12. The number of H-pyrrole nitrogens is 2. The van der Waals surface area contributed by atoms with E-state index in [1.54, 1.807) is 6.92 Å². The zero-order chi connectivity index (χ0) is 16.0. The molecule has 0 saturated heterocycles. The van der Waals surface area contributed by atoms with Crippen molar-refractivity contribution in [2.45, 2.75) is 6.92 Å². The Morgan fingerprint density at radius 1 is 1.09 bits per heavy atom. The van der Waals surface area contributed by atoms with E-state index in [4.69, 9.17) is 11.6 Å². The second kappa shape index (κ2) is 5.06. The molecule has 0 unspecified atom stereocenters. The topological polar surface area (TPSA) is 65.7 Å². The molecule has 7 heteroatoms. The number of aryl methyl sites for hydroxylation is 1. The molecule has 0 aliphatic heterocycles. The molecule has 0 spiro atoms. The monoisotopic (exact) mass is 322 g/mol. The van der Waals surface area contributed by atoms with Crippen molar-refractivity contribution in [3.63, 3.8) is 0 Å². The molecule has 3 rings (SSSR count). The summed E-state index contributed by atoms with van der Waals surface area (Å²) in [5.74, 6) is -1.49. The molecule has 112 valence electrons. The first kappa shape index (κ1) is 14.5. The first-order valence-corrected chi connectivity index (χ1v) is 6.67. The van der Waals surface area contributed by atoms with Gasteiger partial charge in [0.15, 0.2) is 0 Å². The van der Waals surface area contributed by atoms with Crippen LogP contribution >= 0.6 is 11.6 Å². The maximum atomic E-state index is 14.0. The fourth-order valence-electron chi connectivity index (χ4n) is 2.46. The number of benzene rings is 2. The van der Waals surface area contributed by atoms with Crippen LogP contribution in [0.4, 0.5) is 8.78 Å². The highest BCUT2D eigenvalue weighted by molar-refractivity contribution is 6.34. The molecule has 0 aliphatic rings. The second-order valence-corrected chi connectivity index (χ2v) is 5.22. The van der Waals surface area contributed by atoms with E-state index in [1.807, 2.05) is 0 Å². The lowest BCUT2D eigenvalue weighted by Crippen LogP contribution is -2.22. The van der Waals surface area contributed by atoms with Gasteiger partial charge in [-0.25, -0.2) is 13.6 Å². The first-order chi connectivity index (χ1) is 10.4. The lowest BCUT2D eigenvalue weighted by molar-refractivity contribution is 0.585. The summed E-state index contributed by atoms with van der Waals surface area (Å²) in [7, 11) is 0. The van der Waals surface area contributed by atoms with E-state index in [-0.39, 0.29) is 21.5 Å². The SMILES string of the molecule is Cc1c(-c2ccc(F)cc2F)c(Cl)cc2c(=O)[nH]c(=O)[nH]c12. The van der Waals surface area contributed by atoms with Gasteiger partial charge in [0, 0.05) is 22.2 Å². The summed E-state index contributed by atoms with van der Waals surface area (Å²) >= 11 is 6.16. The molecule has 0 atom stereocenters. The Morgan fingerprint density at radius 2 is 1.82 bits per heavy atom. The number of aromatic nitrogens is 2. The van der Waals surface area contributed by atoms with Crippen LogP contribution in [-0.4, -0.2) is 9.97 Å². The first-order valence-electron chi connectivity index (χ1n) is 6.29. The fourth-order valence-corrected chi connectivity index (χ4v) is 2.81. The van der Waals surface area contributed by atoms with Gasteiger partial charge in [-0.3, -0.25) is 9.78 Å². The van der Waals surface area contributed by atoms with Crippen LogP contribution in [-0.2, 0) is 0 Å². The minimum atomic E-state index is -0.781. The molecule has 1 heterocycles. The van der Waals surface area contributed by atoms with E-state index in [9.17, 15) is 18.4 Å².